The van der Waals surface area contributed by atoms with Crippen LogP contribution in [0.5, 0.6) is 23.0 Å². The van der Waals surface area contributed by atoms with Gasteiger partial charge in [-0.3, -0.25) is 23.4 Å². The van der Waals surface area contributed by atoms with Gasteiger partial charge in [-0.05, 0) is 108 Å². The molecule has 8 rings (SSSR count). The van der Waals surface area contributed by atoms with Crippen LogP contribution in [0, 0.1) is 5.92 Å². The van der Waals surface area contributed by atoms with Crippen LogP contribution in [0.2, 0.25) is 0 Å². The summed E-state index contributed by atoms with van der Waals surface area (Å²) in [5, 5.41) is 109. The Morgan fingerprint density at radius 3 is 2.03 bits per heavy atom. The zero-order valence-electron chi connectivity index (χ0n) is 51.0. The molecule has 1 aliphatic carbocycles. The fraction of sp³-hybridized carbons (Fsp3) is 0.525. The quantitative estimate of drug-likeness (QED) is 0.0177. The summed E-state index contributed by atoms with van der Waals surface area (Å²) in [6.45, 7) is 6.32. The van der Waals surface area contributed by atoms with E-state index in [9.17, 15) is 74.6 Å². The number of nitrogens with one attached hydrogen (secondary N) is 4. The van der Waals surface area contributed by atoms with Gasteiger partial charge >= 0.3 is 13.8 Å². The van der Waals surface area contributed by atoms with Crippen LogP contribution >= 0.6 is 20.0 Å². The van der Waals surface area contributed by atoms with Gasteiger partial charge in [-0.25, -0.2) is 9.36 Å². The molecule has 16 N–H and O–H groups in total. The number of hydrogen-bond donors (Lipinski definition) is 15. The maximum Gasteiger partial charge on any atom is 0.474 e. The Balaban J connectivity index is 0.904. The zero-order chi connectivity index (χ0) is 66.9. The number of phosphoric acid groups is 1. The molecule has 3 fully saturated rings. The van der Waals surface area contributed by atoms with E-state index in [4.69, 9.17) is 60.2 Å². The smallest absolute Gasteiger partial charge is 0.474 e. The number of hydrogen-bond acceptors (Lipinski definition) is 24. The molecule has 1 spiro atoms. The first-order valence-electron chi connectivity index (χ1n) is 29.7. The van der Waals surface area contributed by atoms with Gasteiger partial charge in [-0.2, -0.15) is 0 Å². The van der Waals surface area contributed by atoms with Crippen LogP contribution in [0.4, 0.5) is 5.69 Å². The molecule has 3 amide bonds. The first-order valence-corrected chi connectivity index (χ1v) is 31.6. The number of anilines is 1. The predicted octanol–water partition coefficient (Wildman–Crippen LogP) is 1.39. The second-order valence-electron chi connectivity index (χ2n) is 23.3. The molecule has 1 saturated carbocycles. The molecule has 4 heterocycles. The summed E-state index contributed by atoms with van der Waals surface area (Å²) in [6.07, 6.45) is -13.7. The van der Waals surface area contributed by atoms with Gasteiger partial charge < -0.3 is 111 Å². The van der Waals surface area contributed by atoms with Gasteiger partial charge in [0.25, 0.3) is 0 Å². The molecule has 0 radical (unpaired) electrons. The van der Waals surface area contributed by atoms with Crippen molar-refractivity contribution in [3.63, 3.8) is 0 Å². The van der Waals surface area contributed by atoms with Crippen molar-refractivity contribution < 1.29 is 117 Å². The van der Waals surface area contributed by atoms with Crippen molar-refractivity contribution in [1.29, 1.82) is 0 Å². The Morgan fingerprint density at radius 2 is 1.40 bits per heavy atom. The number of benzene rings is 3. The lowest BCUT2D eigenvalue weighted by molar-refractivity contribution is -0.345. The van der Waals surface area contributed by atoms with Crippen molar-refractivity contribution in [2.45, 2.75) is 158 Å². The molecule has 0 aromatic heterocycles. The van der Waals surface area contributed by atoms with Gasteiger partial charge in [-0.1, -0.05) is 41.0 Å². The molecule has 31 heteroatoms. The third kappa shape index (κ3) is 16.9. The number of aromatic hydroxyl groups is 2. The SMILES string of the molecule is CC(=O)NC1[C@H](OC2[C@@H](OP(=O)(O)OCCOCC=C(C)CCC=C(C)CCC=C(C)C)OC(C(N)=O)[C@H](O)[C@@H]2O)OC(CO)[C@@H](O[C@@H]2CC(CO)[C@H](O)[C@H](O)C2NC(=O)CNC(=S)Nc2ccc3c(c2)C(=O)OC32c3ccc(O)cc3Oc3cc(O)ccc32)[C@@H]1O. The minimum Gasteiger partial charge on any atom is -0.508 e. The van der Waals surface area contributed by atoms with Gasteiger partial charge in [0.1, 0.15) is 71.8 Å². The fourth-order valence-electron chi connectivity index (χ4n) is 11.5. The highest BCUT2D eigenvalue weighted by Gasteiger charge is 2.57. The molecule has 0 bridgehead atoms. The van der Waals surface area contributed by atoms with E-state index >= 15 is 0 Å². The van der Waals surface area contributed by atoms with Gasteiger partial charge in [0.2, 0.25) is 17.7 Å². The lowest BCUT2D eigenvalue weighted by atomic mass is 9.77. The van der Waals surface area contributed by atoms with E-state index in [1.807, 2.05) is 13.0 Å². The lowest BCUT2D eigenvalue weighted by Gasteiger charge is -2.49. The molecule has 2 saturated heterocycles. The number of rotatable bonds is 26. The first-order chi connectivity index (χ1) is 43.6. The van der Waals surface area contributed by atoms with E-state index in [0.717, 1.165) is 38.2 Å². The van der Waals surface area contributed by atoms with Crippen LogP contribution in [0.25, 0.3) is 0 Å². The van der Waals surface area contributed by atoms with Gasteiger partial charge in [-0.15, -0.1) is 0 Å². The van der Waals surface area contributed by atoms with Gasteiger partial charge in [0.15, 0.2) is 29.4 Å². The molecule has 3 aromatic carbocycles. The Labute approximate surface area is 534 Å². The summed E-state index contributed by atoms with van der Waals surface area (Å²) in [6, 6.07) is 10.0. The number of carbonyl (C=O) groups excluding carboxylic acids is 4. The number of phenols is 2. The maximum atomic E-state index is 13.7. The highest BCUT2D eigenvalue weighted by Crippen LogP contribution is 2.57. The molecule has 5 aliphatic rings. The fourth-order valence-corrected chi connectivity index (χ4v) is 12.5. The number of primary amides is 1. The monoisotopic (exact) mass is 1330 g/mol. The summed E-state index contributed by atoms with van der Waals surface area (Å²) in [4.78, 5) is 63.5. The minimum atomic E-state index is -5.25. The van der Waals surface area contributed by atoms with Crippen LogP contribution in [-0.4, -0.2) is 205 Å². The number of nitrogens with two attached hydrogens (primary N) is 1. The number of aliphatic hydroxyl groups excluding tert-OH is 7. The first kappa shape index (κ1) is 71.3. The number of ether oxygens (including phenoxy) is 7. The number of amides is 3. The summed E-state index contributed by atoms with van der Waals surface area (Å²) in [5.74, 6) is -4.71. The standard InChI is InChI=1S/C61H80N5O24PS/c1-29(2)8-6-9-30(3)10-7-11-31(4)18-19-82-20-21-83-91(80,81)90-59-55(52(77)51(76)54(87-59)56(62)78)88-58-47(64-32(5)69)50(75)53(44(28-68)86-58)85-43-22-33(27-67)48(73)49(74)46(43)66-45(72)26-63-60(92)65-34-12-15-38-37(23-34)57(79)89-61(38)39-16-13-35(70)24-41(39)84-42-25-36(71)14-17-40(42)61/h8,10,12-18,23-25,33,43-44,46-55,58-59,67-68,70-71,73-77H,6-7,9,11,19-22,26-28H2,1-5H3,(H2,62,78)(H,64,69)(H,66,72)(H,80,81)(H2,63,65,92)/t33?,43-,44?,46?,47?,48+,49-,50-,51-,52+,53-,54?,55?,58+,59-/m1/s1. The molecular formula is C61H80N5O24PS. The van der Waals surface area contributed by atoms with Crippen molar-refractivity contribution >= 4 is 54.5 Å². The Hall–Kier alpha value is -6.52. The van der Waals surface area contributed by atoms with Gasteiger partial charge in [0, 0.05) is 54.0 Å². The topological polar surface area (TPSA) is 445 Å². The Bertz CT molecular complexity index is 3260. The average Bonchev–Trinajstić information content (AvgIpc) is 1.47. The number of aliphatic hydroxyl groups is 7. The average molecular weight is 1330 g/mol. The number of thiocarbonyl (C=S) groups is 1. The molecule has 29 nitrogen and oxygen atoms in total. The summed E-state index contributed by atoms with van der Waals surface area (Å²) < 4.78 is 65.3. The molecule has 4 aliphatic heterocycles. The summed E-state index contributed by atoms with van der Waals surface area (Å²) in [5.41, 5.74) is 9.09. The minimum absolute atomic E-state index is 0.121. The van der Waals surface area contributed by atoms with Crippen molar-refractivity contribution in [1.82, 2.24) is 16.0 Å². The van der Waals surface area contributed by atoms with E-state index in [2.05, 4.69) is 54.2 Å². The second-order valence-corrected chi connectivity index (χ2v) is 25.1. The van der Waals surface area contributed by atoms with Crippen LogP contribution in [0.1, 0.15) is 93.8 Å². The number of phenolic OH excluding ortho intramolecular Hbond substituents is 2. The highest BCUT2D eigenvalue weighted by atomic mass is 32.1. The van der Waals surface area contributed by atoms with Crippen molar-refractivity contribution in [2.75, 3.05) is 44.9 Å². The van der Waals surface area contributed by atoms with E-state index in [1.54, 1.807) is 24.3 Å². The van der Waals surface area contributed by atoms with Crippen molar-refractivity contribution in [3.05, 3.63) is 112 Å². The highest BCUT2D eigenvalue weighted by molar-refractivity contribution is 7.80. The Morgan fingerprint density at radius 1 is 0.750 bits per heavy atom. The Kier molecular flexibility index (Phi) is 24.2. The van der Waals surface area contributed by atoms with Crippen molar-refractivity contribution in [2.24, 2.45) is 11.7 Å². The van der Waals surface area contributed by atoms with E-state index in [1.165, 1.54) is 41.5 Å². The number of carbonyl (C=O) groups is 4. The van der Waals surface area contributed by atoms with Crippen LogP contribution in [0.3, 0.4) is 0 Å². The third-order valence-corrected chi connectivity index (χ3v) is 17.4. The van der Waals surface area contributed by atoms with Gasteiger partial charge in [0.05, 0.1) is 56.8 Å². The van der Waals surface area contributed by atoms with Crippen molar-refractivity contribution in [3.8, 4) is 23.0 Å². The largest absolute Gasteiger partial charge is 0.508 e. The predicted molar refractivity (Wildman–Crippen MR) is 327 cm³/mol. The number of fused-ring (bicyclic) bond motifs is 6. The number of allylic oxidation sites excluding steroid dienone is 5. The molecule has 16 atom stereocenters. The van der Waals surface area contributed by atoms with Crippen LogP contribution < -0.4 is 31.7 Å². The third-order valence-electron chi connectivity index (χ3n) is 16.2. The van der Waals surface area contributed by atoms with Crippen LogP contribution in [-0.2, 0) is 62.0 Å². The number of phosphoric ester groups is 1. The molecule has 504 valence electrons. The summed E-state index contributed by atoms with van der Waals surface area (Å²) >= 11 is 5.50. The second kappa shape index (κ2) is 31.1. The lowest BCUT2D eigenvalue weighted by Crippen LogP contribution is -2.70. The maximum absolute atomic E-state index is 13.7. The van der Waals surface area contributed by atoms with Crippen LogP contribution in [0.15, 0.2) is 89.5 Å². The summed E-state index contributed by atoms with van der Waals surface area (Å²) in [7, 11) is -5.25. The number of esters is 1. The van der Waals surface area contributed by atoms with E-state index < -0.39 is 155 Å². The zero-order valence-corrected chi connectivity index (χ0v) is 52.7. The molecule has 92 heavy (non-hydrogen) atoms. The molecule has 7 unspecified atom stereocenters. The van der Waals surface area contributed by atoms with E-state index in [-0.39, 0.29) is 59.0 Å². The van der Waals surface area contributed by atoms with E-state index in [0.29, 0.717) is 16.7 Å². The molecular weight excluding hydrogens is 1250 g/mol. The molecule has 3 aromatic rings. The normalized spacial score (nSPS) is 28.9.